The average molecular weight is 878 g/mol. The van der Waals surface area contributed by atoms with Crippen molar-refractivity contribution in [2.45, 2.75) is 199 Å². The first-order chi connectivity index (χ1) is 29.5. The second-order valence-corrected chi connectivity index (χ2v) is 18.9. The molecule has 352 valence electrons. The minimum absolute atomic E-state index is 0.0445. The number of hydrogen-bond acceptors (Lipinski definition) is 9. The number of phosphoric acid groups is 1. The zero-order valence-electron chi connectivity index (χ0n) is 39.3. The van der Waals surface area contributed by atoms with Gasteiger partial charge in [-0.25, -0.2) is 0 Å². The topological polar surface area (TPSA) is 124 Å². The Morgan fingerprint density at radius 3 is 1.72 bits per heavy atom. The Kier molecular flexibility index (Phi) is 35.5. The monoisotopic (exact) mass is 878 g/mol. The van der Waals surface area contributed by atoms with E-state index in [4.69, 9.17) is 23.3 Å². The van der Waals surface area contributed by atoms with E-state index in [1.807, 2.05) is 21.1 Å². The number of phosphoric ester groups is 1. The van der Waals surface area contributed by atoms with E-state index in [9.17, 15) is 19.0 Å². The van der Waals surface area contributed by atoms with Gasteiger partial charge in [-0.3, -0.25) is 14.2 Å². The van der Waals surface area contributed by atoms with Crippen molar-refractivity contribution in [2.75, 3.05) is 47.5 Å². The molecular formula is C50H88NO9P. The van der Waals surface area contributed by atoms with Crippen molar-refractivity contribution in [3.8, 4) is 0 Å². The van der Waals surface area contributed by atoms with Gasteiger partial charge in [-0.05, 0) is 77.0 Å². The van der Waals surface area contributed by atoms with Gasteiger partial charge in [0.05, 0.1) is 40.0 Å². The minimum Gasteiger partial charge on any atom is -0.756 e. The summed E-state index contributed by atoms with van der Waals surface area (Å²) < 4.78 is 39.7. The predicted octanol–water partition coefficient (Wildman–Crippen LogP) is 12.4. The molecule has 0 spiro atoms. The first-order valence-corrected chi connectivity index (χ1v) is 25.6. The van der Waals surface area contributed by atoms with Gasteiger partial charge in [0.1, 0.15) is 19.8 Å². The first-order valence-electron chi connectivity index (χ1n) is 24.1. The van der Waals surface area contributed by atoms with Crippen molar-refractivity contribution < 1.29 is 46.8 Å². The maximum atomic E-state index is 12.7. The summed E-state index contributed by atoms with van der Waals surface area (Å²) in [5.41, 5.74) is 0. The lowest BCUT2D eigenvalue weighted by Crippen LogP contribution is -2.37. The van der Waals surface area contributed by atoms with Crippen LogP contribution in [0.3, 0.4) is 0 Å². The van der Waals surface area contributed by atoms with Crippen LogP contribution in [-0.2, 0) is 37.4 Å². The summed E-state index contributed by atoms with van der Waals surface area (Å²) in [7, 11) is 1.12. The molecule has 1 saturated heterocycles. The number of nitrogens with zero attached hydrogens (tertiary/aromatic N) is 1. The highest BCUT2D eigenvalue weighted by Gasteiger charge is 2.36. The van der Waals surface area contributed by atoms with Crippen LogP contribution in [0.5, 0.6) is 0 Å². The summed E-state index contributed by atoms with van der Waals surface area (Å²) in [6, 6.07) is 0. The van der Waals surface area contributed by atoms with Crippen molar-refractivity contribution in [2.24, 2.45) is 0 Å². The van der Waals surface area contributed by atoms with Gasteiger partial charge in [-0.15, -0.1) is 0 Å². The molecule has 0 radical (unpaired) electrons. The highest BCUT2D eigenvalue weighted by atomic mass is 31.2. The third-order valence-electron chi connectivity index (χ3n) is 10.4. The maximum absolute atomic E-state index is 12.7. The Morgan fingerprint density at radius 1 is 0.607 bits per heavy atom. The van der Waals surface area contributed by atoms with E-state index in [1.54, 1.807) is 0 Å². The van der Waals surface area contributed by atoms with E-state index >= 15 is 0 Å². The molecule has 0 N–H and O–H groups in total. The van der Waals surface area contributed by atoms with Crippen molar-refractivity contribution in [1.82, 2.24) is 0 Å². The number of epoxide rings is 1. The fraction of sp³-hybridized carbons (Fsp3) is 0.760. The van der Waals surface area contributed by atoms with E-state index in [0.717, 1.165) is 57.8 Å². The number of hydrogen-bond donors (Lipinski definition) is 0. The number of carbonyl (C=O) groups is 2. The molecule has 1 rings (SSSR count). The fourth-order valence-corrected chi connectivity index (χ4v) is 7.26. The Balaban J connectivity index is 2.28. The SMILES string of the molecule is CCCCC/C=C\C/C=C\CCCCCCCCCCCC(=O)O[C@H](COC(=O)CCC/C=C\C/C=C\C/C=C\CC1OC1CCCCC)COP(=O)([O-])OCC[N+](C)(C)C. The summed E-state index contributed by atoms with van der Waals surface area (Å²) in [6.07, 6.45) is 48.5. The molecule has 0 aliphatic carbocycles. The van der Waals surface area contributed by atoms with Crippen molar-refractivity contribution in [3.63, 3.8) is 0 Å². The second-order valence-electron chi connectivity index (χ2n) is 17.5. The molecule has 1 fully saturated rings. The first kappa shape index (κ1) is 56.7. The number of ether oxygens (including phenoxy) is 3. The largest absolute Gasteiger partial charge is 0.756 e. The Labute approximate surface area is 372 Å². The molecule has 0 aromatic heterocycles. The quantitative estimate of drug-likeness (QED) is 0.0147. The van der Waals surface area contributed by atoms with Crippen LogP contribution in [-0.4, -0.2) is 82.2 Å². The zero-order valence-corrected chi connectivity index (χ0v) is 40.2. The van der Waals surface area contributed by atoms with Crippen LogP contribution in [0.15, 0.2) is 60.8 Å². The van der Waals surface area contributed by atoms with E-state index in [0.29, 0.717) is 36.1 Å². The lowest BCUT2D eigenvalue weighted by atomic mass is 10.1. The van der Waals surface area contributed by atoms with Crippen molar-refractivity contribution in [3.05, 3.63) is 60.8 Å². The van der Waals surface area contributed by atoms with Gasteiger partial charge in [0.15, 0.2) is 6.10 Å². The number of unbranched alkanes of at least 4 members (excludes halogenated alkanes) is 15. The van der Waals surface area contributed by atoms with Gasteiger partial charge in [0, 0.05) is 12.8 Å². The molecular weight excluding hydrogens is 790 g/mol. The van der Waals surface area contributed by atoms with Crippen LogP contribution in [0.4, 0.5) is 0 Å². The normalized spacial score (nSPS) is 17.3. The van der Waals surface area contributed by atoms with Crippen LogP contribution < -0.4 is 4.89 Å². The smallest absolute Gasteiger partial charge is 0.306 e. The highest BCUT2D eigenvalue weighted by molar-refractivity contribution is 7.45. The Morgan fingerprint density at radius 2 is 1.11 bits per heavy atom. The van der Waals surface area contributed by atoms with Gasteiger partial charge in [0.25, 0.3) is 7.82 Å². The van der Waals surface area contributed by atoms with E-state index in [-0.39, 0.29) is 26.1 Å². The highest BCUT2D eigenvalue weighted by Crippen LogP contribution is 2.38. The zero-order chi connectivity index (χ0) is 44.7. The Hall–Kier alpha value is -2.33. The summed E-state index contributed by atoms with van der Waals surface area (Å²) in [6.45, 7) is 4.10. The molecule has 0 aromatic rings. The standard InChI is InChI=1S/C50H88NO9P/c1-6-8-10-11-12-13-14-15-16-17-18-19-20-21-22-27-30-33-37-41-50(53)59-46(45-58-61(54,55)57-43-42-51(3,4)5)44-56-49(52)40-36-32-29-26-24-23-25-28-31-35-39-48-47(60-48)38-34-9-7-2/h12-13,15-16,23,25-26,29,31,35,46-48H,6-11,14,17-22,24,27-28,30,32-34,36-45H2,1-5H3/b13-12-,16-15-,25-23-,29-26-,35-31-/t46-,47?,48?/m1/s1. The van der Waals surface area contributed by atoms with Gasteiger partial charge in [0.2, 0.25) is 0 Å². The van der Waals surface area contributed by atoms with Crippen LogP contribution in [0, 0.1) is 0 Å². The molecule has 0 amide bonds. The average Bonchev–Trinajstić information content (AvgIpc) is 3.97. The van der Waals surface area contributed by atoms with Crippen LogP contribution in [0.2, 0.25) is 0 Å². The van der Waals surface area contributed by atoms with Gasteiger partial charge >= 0.3 is 11.9 Å². The molecule has 0 bridgehead atoms. The number of rotatable bonds is 42. The van der Waals surface area contributed by atoms with Gasteiger partial charge < -0.3 is 32.6 Å². The molecule has 11 heteroatoms. The fourth-order valence-electron chi connectivity index (χ4n) is 6.54. The summed E-state index contributed by atoms with van der Waals surface area (Å²) in [5, 5.41) is 0. The number of likely N-dealkylation sites (N-methyl/N-ethyl adjacent to an activating group) is 1. The molecule has 3 unspecified atom stereocenters. The molecule has 4 atom stereocenters. The molecule has 1 aliphatic heterocycles. The summed E-state index contributed by atoms with van der Waals surface area (Å²) in [4.78, 5) is 37.6. The minimum atomic E-state index is -4.65. The lowest BCUT2D eigenvalue weighted by Gasteiger charge is -2.28. The summed E-state index contributed by atoms with van der Waals surface area (Å²) in [5.74, 6) is -0.912. The van der Waals surface area contributed by atoms with Crippen LogP contribution in [0.1, 0.15) is 181 Å². The van der Waals surface area contributed by atoms with Crippen LogP contribution >= 0.6 is 7.82 Å². The number of quaternary nitrogens is 1. The van der Waals surface area contributed by atoms with Gasteiger partial charge in [-0.2, -0.15) is 0 Å². The molecule has 0 saturated carbocycles. The maximum Gasteiger partial charge on any atom is 0.306 e. The van der Waals surface area contributed by atoms with Crippen molar-refractivity contribution in [1.29, 1.82) is 0 Å². The number of allylic oxidation sites excluding steroid dienone is 9. The number of carbonyl (C=O) groups excluding carboxylic acids is 2. The number of esters is 2. The molecule has 10 nitrogen and oxygen atoms in total. The van der Waals surface area contributed by atoms with Crippen molar-refractivity contribution >= 4 is 19.8 Å². The lowest BCUT2D eigenvalue weighted by molar-refractivity contribution is -0.870. The second kappa shape index (κ2) is 38.2. The van der Waals surface area contributed by atoms with E-state index in [2.05, 4.69) is 74.6 Å². The predicted molar refractivity (Wildman–Crippen MR) is 249 cm³/mol. The molecule has 0 aromatic carbocycles. The Bertz CT molecular complexity index is 1290. The molecule has 1 aliphatic rings. The van der Waals surface area contributed by atoms with Gasteiger partial charge in [-0.1, -0.05) is 152 Å². The molecule has 1 heterocycles. The van der Waals surface area contributed by atoms with E-state index < -0.39 is 32.5 Å². The van der Waals surface area contributed by atoms with Crippen LogP contribution in [0.25, 0.3) is 0 Å². The third-order valence-corrected chi connectivity index (χ3v) is 11.4. The summed E-state index contributed by atoms with van der Waals surface area (Å²) >= 11 is 0. The third kappa shape index (κ3) is 39.0. The van der Waals surface area contributed by atoms with E-state index in [1.165, 1.54) is 83.5 Å². The molecule has 61 heavy (non-hydrogen) atoms.